The highest BCUT2D eigenvalue weighted by atomic mass is 16.7. The van der Waals surface area contributed by atoms with Crippen LogP contribution in [0.3, 0.4) is 0 Å². The van der Waals surface area contributed by atoms with Gasteiger partial charge in [0, 0.05) is 32.6 Å². The zero-order valence-corrected chi connectivity index (χ0v) is 7.75. The molecule has 0 radical (unpaired) electrons. The normalized spacial score (nSPS) is 19.7. The SMILES string of the molecule is CCC(=O)N1CCN(OC)CC1. The first-order valence-electron chi connectivity index (χ1n) is 4.34. The molecule has 0 aromatic carbocycles. The van der Waals surface area contributed by atoms with E-state index in [4.69, 9.17) is 4.84 Å². The fourth-order valence-electron chi connectivity index (χ4n) is 1.34. The Kier molecular flexibility index (Phi) is 3.49. The molecule has 1 aliphatic rings. The minimum Gasteiger partial charge on any atom is -0.340 e. The van der Waals surface area contributed by atoms with Gasteiger partial charge in [0.1, 0.15) is 0 Å². The van der Waals surface area contributed by atoms with E-state index < -0.39 is 0 Å². The van der Waals surface area contributed by atoms with E-state index in [0.29, 0.717) is 6.42 Å². The Balaban J connectivity index is 2.30. The molecule has 0 aliphatic carbocycles. The Bertz CT molecular complexity index is 153. The second-order valence-corrected chi connectivity index (χ2v) is 2.85. The first-order valence-corrected chi connectivity index (χ1v) is 4.34. The Labute approximate surface area is 73.0 Å². The summed E-state index contributed by atoms with van der Waals surface area (Å²) in [5, 5.41) is 1.87. The molecule has 70 valence electrons. The van der Waals surface area contributed by atoms with Crippen molar-refractivity contribution in [3.63, 3.8) is 0 Å². The lowest BCUT2D eigenvalue weighted by molar-refractivity contribution is -0.161. The minimum atomic E-state index is 0.241. The Morgan fingerprint density at radius 2 is 1.92 bits per heavy atom. The molecule has 0 saturated carbocycles. The lowest BCUT2D eigenvalue weighted by Gasteiger charge is -2.32. The summed E-state index contributed by atoms with van der Waals surface area (Å²) in [4.78, 5) is 18.2. The molecule has 1 heterocycles. The predicted molar refractivity (Wildman–Crippen MR) is 45.5 cm³/mol. The van der Waals surface area contributed by atoms with Gasteiger partial charge in [0.05, 0.1) is 7.11 Å². The largest absolute Gasteiger partial charge is 0.340 e. The van der Waals surface area contributed by atoms with E-state index in [-0.39, 0.29) is 5.91 Å². The highest BCUT2D eigenvalue weighted by molar-refractivity contribution is 5.75. The van der Waals surface area contributed by atoms with Crippen molar-refractivity contribution >= 4 is 5.91 Å². The average Bonchev–Trinajstić information content (AvgIpc) is 2.17. The van der Waals surface area contributed by atoms with Gasteiger partial charge in [-0.2, -0.15) is 5.06 Å². The Morgan fingerprint density at radius 1 is 1.33 bits per heavy atom. The van der Waals surface area contributed by atoms with Crippen molar-refractivity contribution in [3.8, 4) is 0 Å². The highest BCUT2D eigenvalue weighted by Crippen LogP contribution is 2.02. The number of carbonyl (C=O) groups is 1. The van der Waals surface area contributed by atoms with Gasteiger partial charge < -0.3 is 9.74 Å². The van der Waals surface area contributed by atoms with Crippen LogP contribution in [0.4, 0.5) is 0 Å². The molecule has 12 heavy (non-hydrogen) atoms. The van der Waals surface area contributed by atoms with Crippen molar-refractivity contribution in [1.29, 1.82) is 0 Å². The van der Waals surface area contributed by atoms with Crippen molar-refractivity contribution < 1.29 is 9.63 Å². The van der Waals surface area contributed by atoms with E-state index in [1.807, 2.05) is 16.9 Å². The molecule has 1 aliphatic heterocycles. The van der Waals surface area contributed by atoms with E-state index >= 15 is 0 Å². The molecule has 4 heteroatoms. The fourth-order valence-corrected chi connectivity index (χ4v) is 1.34. The summed E-state index contributed by atoms with van der Waals surface area (Å²) < 4.78 is 0. The van der Waals surface area contributed by atoms with Crippen LogP contribution in [0.15, 0.2) is 0 Å². The van der Waals surface area contributed by atoms with E-state index in [1.165, 1.54) is 0 Å². The number of amides is 1. The second kappa shape index (κ2) is 4.42. The molecule has 0 N–H and O–H groups in total. The molecule has 0 bridgehead atoms. The first-order chi connectivity index (χ1) is 5.77. The van der Waals surface area contributed by atoms with Gasteiger partial charge in [-0.05, 0) is 0 Å². The molecule has 0 aromatic heterocycles. The predicted octanol–water partition coefficient (Wildman–Crippen LogP) is 0.102. The van der Waals surface area contributed by atoms with Crippen molar-refractivity contribution in [1.82, 2.24) is 9.96 Å². The van der Waals surface area contributed by atoms with Crippen LogP contribution in [0.2, 0.25) is 0 Å². The van der Waals surface area contributed by atoms with Crippen LogP contribution in [-0.2, 0) is 9.63 Å². The zero-order chi connectivity index (χ0) is 8.97. The lowest BCUT2D eigenvalue weighted by atomic mass is 10.3. The molecular formula is C8H16N2O2. The maximum Gasteiger partial charge on any atom is 0.222 e. The van der Waals surface area contributed by atoms with Gasteiger partial charge in [0.25, 0.3) is 0 Å². The van der Waals surface area contributed by atoms with Crippen LogP contribution >= 0.6 is 0 Å². The van der Waals surface area contributed by atoms with Crippen LogP contribution in [0.25, 0.3) is 0 Å². The highest BCUT2D eigenvalue weighted by Gasteiger charge is 2.19. The number of hydrogen-bond donors (Lipinski definition) is 0. The molecule has 1 saturated heterocycles. The van der Waals surface area contributed by atoms with Crippen LogP contribution in [0.1, 0.15) is 13.3 Å². The summed E-state index contributed by atoms with van der Waals surface area (Å²) in [6, 6.07) is 0. The molecule has 0 unspecified atom stereocenters. The van der Waals surface area contributed by atoms with Crippen molar-refractivity contribution in [2.24, 2.45) is 0 Å². The van der Waals surface area contributed by atoms with Gasteiger partial charge >= 0.3 is 0 Å². The quantitative estimate of drug-likeness (QED) is 0.592. The van der Waals surface area contributed by atoms with Crippen LogP contribution < -0.4 is 0 Å². The third kappa shape index (κ3) is 2.19. The van der Waals surface area contributed by atoms with Crippen molar-refractivity contribution in [2.45, 2.75) is 13.3 Å². The van der Waals surface area contributed by atoms with Gasteiger partial charge in [-0.1, -0.05) is 6.92 Å². The minimum absolute atomic E-state index is 0.241. The monoisotopic (exact) mass is 172 g/mol. The summed E-state index contributed by atoms with van der Waals surface area (Å²) in [7, 11) is 1.66. The number of hydroxylamine groups is 2. The van der Waals surface area contributed by atoms with E-state index in [0.717, 1.165) is 26.2 Å². The average molecular weight is 172 g/mol. The van der Waals surface area contributed by atoms with E-state index in [2.05, 4.69) is 0 Å². The fraction of sp³-hybridized carbons (Fsp3) is 0.875. The van der Waals surface area contributed by atoms with Crippen LogP contribution in [-0.4, -0.2) is 49.2 Å². The molecule has 1 amide bonds. The number of hydrogen-bond acceptors (Lipinski definition) is 3. The van der Waals surface area contributed by atoms with Crippen molar-refractivity contribution in [3.05, 3.63) is 0 Å². The first kappa shape index (κ1) is 9.48. The topological polar surface area (TPSA) is 32.8 Å². The Hall–Kier alpha value is -0.610. The Morgan fingerprint density at radius 3 is 2.33 bits per heavy atom. The molecule has 0 aromatic rings. The number of carbonyl (C=O) groups excluding carboxylic acids is 1. The summed E-state index contributed by atoms with van der Waals surface area (Å²) in [6.07, 6.45) is 0.604. The molecule has 0 atom stereocenters. The van der Waals surface area contributed by atoms with E-state index in [9.17, 15) is 4.79 Å². The lowest BCUT2D eigenvalue weighted by Crippen LogP contribution is -2.47. The summed E-state index contributed by atoms with van der Waals surface area (Å²) in [6.45, 7) is 5.12. The number of nitrogens with zero attached hydrogens (tertiary/aromatic N) is 2. The number of piperazine rings is 1. The molecular weight excluding hydrogens is 156 g/mol. The third-order valence-corrected chi connectivity index (χ3v) is 2.15. The molecule has 1 rings (SSSR count). The number of rotatable bonds is 2. The standard InChI is InChI=1S/C8H16N2O2/c1-3-8(11)9-4-6-10(12-2)7-5-9/h3-7H2,1-2H3. The third-order valence-electron chi connectivity index (χ3n) is 2.15. The van der Waals surface area contributed by atoms with Crippen LogP contribution in [0, 0.1) is 0 Å². The van der Waals surface area contributed by atoms with Crippen molar-refractivity contribution in [2.75, 3.05) is 33.3 Å². The van der Waals surface area contributed by atoms with E-state index in [1.54, 1.807) is 7.11 Å². The van der Waals surface area contributed by atoms with Gasteiger partial charge in [0.15, 0.2) is 0 Å². The molecule has 0 spiro atoms. The maximum atomic E-state index is 11.2. The van der Waals surface area contributed by atoms with Gasteiger partial charge in [-0.25, -0.2) is 0 Å². The van der Waals surface area contributed by atoms with Gasteiger partial charge in [0.2, 0.25) is 5.91 Å². The maximum absolute atomic E-state index is 11.2. The van der Waals surface area contributed by atoms with Crippen LogP contribution in [0.5, 0.6) is 0 Å². The molecule has 4 nitrogen and oxygen atoms in total. The van der Waals surface area contributed by atoms with Gasteiger partial charge in [-0.15, -0.1) is 0 Å². The second-order valence-electron chi connectivity index (χ2n) is 2.85. The van der Waals surface area contributed by atoms with Gasteiger partial charge in [-0.3, -0.25) is 4.79 Å². The zero-order valence-electron chi connectivity index (χ0n) is 7.75. The summed E-state index contributed by atoms with van der Waals surface area (Å²) in [5.74, 6) is 0.241. The smallest absolute Gasteiger partial charge is 0.222 e. The summed E-state index contributed by atoms with van der Waals surface area (Å²) in [5.41, 5.74) is 0. The molecule has 1 fully saturated rings. The summed E-state index contributed by atoms with van der Waals surface area (Å²) >= 11 is 0.